The molecule has 0 radical (unpaired) electrons. The number of rotatable bonds is 9. The summed E-state index contributed by atoms with van der Waals surface area (Å²) in [6.45, 7) is 7.12. The summed E-state index contributed by atoms with van der Waals surface area (Å²) >= 11 is 0. The van der Waals surface area contributed by atoms with Gasteiger partial charge in [0.05, 0.1) is 12.7 Å². The van der Waals surface area contributed by atoms with Crippen molar-refractivity contribution in [1.82, 2.24) is 4.90 Å². The smallest absolute Gasteiger partial charge is 0.0589 e. The number of nitrogens with zero attached hydrogens (tertiary/aromatic N) is 1. The van der Waals surface area contributed by atoms with E-state index in [1.165, 1.54) is 12.8 Å². The topological polar surface area (TPSA) is 32.7 Å². The third-order valence-corrected chi connectivity index (χ3v) is 3.53. The lowest BCUT2D eigenvalue weighted by atomic mass is 10.1. The minimum absolute atomic E-state index is 0.166. The van der Waals surface area contributed by atoms with Crippen molar-refractivity contribution in [3.8, 4) is 0 Å². The molecule has 0 aromatic rings. The molecule has 1 N–H and O–H groups in total. The molecule has 1 saturated carbocycles. The fourth-order valence-electron chi connectivity index (χ4n) is 2.19. The largest absolute Gasteiger partial charge is 0.393 e. The number of aliphatic hydroxyl groups excluding tert-OH is 1. The van der Waals surface area contributed by atoms with Crippen molar-refractivity contribution in [2.45, 2.75) is 51.7 Å². The second-order valence-corrected chi connectivity index (χ2v) is 5.10. The van der Waals surface area contributed by atoms with Crippen LogP contribution in [0.4, 0.5) is 0 Å². The van der Waals surface area contributed by atoms with Gasteiger partial charge in [-0.2, -0.15) is 0 Å². The van der Waals surface area contributed by atoms with Crippen molar-refractivity contribution < 1.29 is 9.84 Å². The van der Waals surface area contributed by atoms with Gasteiger partial charge in [0.1, 0.15) is 0 Å². The van der Waals surface area contributed by atoms with E-state index in [9.17, 15) is 5.11 Å². The number of aliphatic hydroxyl groups is 1. The Morgan fingerprint density at radius 2 is 2.00 bits per heavy atom. The van der Waals surface area contributed by atoms with E-state index in [0.29, 0.717) is 6.04 Å². The molecule has 96 valence electrons. The fraction of sp³-hybridized carbons (Fsp3) is 1.00. The molecule has 0 aromatic carbocycles. The Bertz CT molecular complexity index is 181. The first-order chi connectivity index (χ1) is 7.65. The van der Waals surface area contributed by atoms with Crippen LogP contribution in [0, 0.1) is 5.92 Å². The van der Waals surface area contributed by atoms with Crippen LogP contribution >= 0.6 is 0 Å². The van der Waals surface area contributed by atoms with Crippen LogP contribution in [-0.2, 0) is 4.74 Å². The molecule has 2 unspecified atom stereocenters. The summed E-state index contributed by atoms with van der Waals surface area (Å²) in [7, 11) is 1.76. The lowest BCUT2D eigenvalue weighted by Gasteiger charge is -2.29. The summed E-state index contributed by atoms with van der Waals surface area (Å²) in [6.07, 6.45) is 4.60. The second kappa shape index (κ2) is 7.25. The molecule has 1 aliphatic rings. The second-order valence-electron chi connectivity index (χ2n) is 5.10. The summed E-state index contributed by atoms with van der Waals surface area (Å²) in [5.74, 6) is 0.906. The first kappa shape index (κ1) is 13.9. The average Bonchev–Trinajstić information content (AvgIpc) is 3.05. The van der Waals surface area contributed by atoms with Crippen molar-refractivity contribution in [2.24, 2.45) is 5.92 Å². The zero-order chi connectivity index (χ0) is 12.0. The van der Waals surface area contributed by atoms with Gasteiger partial charge in [0.25, 0.3) is 0 Å². The average molecular weight is 229 g/mol. The zero-order valence-corrected chi connectivity index (χ0v) is 11.0. The standard InChI is InChI=1S/C13H27NO2/c1-11(15)5-4-8-14(9-10-16-3)12(2)13-6-7-13/h11-13,15H,4-10H2,1-3H3. The molecule has 1 aliphatic carbocycles. The van der Waals surface area contributed by atoms with Gasteiger partial charge in [-0.05, 0) is 52.0 Å². The van der Waals surface area contributed by atoms with Gasteiger partial charge in [0.15, 0.2) is 0 Å². The summed E-state index contributed by atoms with van der Waals surface area (Å²) in [5.41, 5.74) is 0. The van der Waals surface area contributed by atoms with Gasteiger partial charge in [0, 0.05) is 19.7 Å². The maximum atomic E-state index is 9.26. The molecule has 1 fully saturated rings. The molecule has 1 rings (SSSR count). The Morgan fingerprint density at radius 1 is 1.31 bits per heavy atom. The first-order valence-electron chi connectivity index (χ1n) is 6.56. The Hall–Kier alpha value is -0.120. The normalized spacial score (nSPS) is 20.1. The number of hydrogen-bond donors (Lipinski definition) is 1. The van der Waals surface area contributed by atoms with Crippen molar-refractivity contribution in [3.05, 3.63) is 0 Å². The van der Waals surface area contributed by atoms with Crippen LogP contribution < -0.4 is 0 Å². The van der Waals surface area contributed by atoms with Gasteiger partial charge >= 0.3 is 0 Å². The quantitative estimate of drug-likeness (QED) is 0.655. The Balaban J connectivity index is 2.24. The van der Waals surface area contributed by atoms with Crippen LogP contribution in [0.3, 0.4) is 0 Å². The van der Waals surface area contributed by atoms with Crippen LogP contribution in [0.15, 0.2) is 0 Å². The predicted octanol–water partition coefficient (Wildman–Crippen LogP) is 1.89. The summed E-state index contributed by atoms with van der Waals surface area (Å²) in [4.78, 5) is 2.52. The number of ether oxygens (including phenoxy) is 1. The van der Waals surface area contributed by atoms with E-state index in [1.54, 1.807) is 7.11 Å². The van der Waals surface area contributed by atoms with Gasteiger partial charge < -0.3 is 9.84 Å². The SMILES string of the molecule is COCCN(CCCC(C)O)C(C)C1CC1. The minimum atomic E-state index is -0.166. The van der Waals surface area contributed by atoms with E-state index in [0.717, 1.165) is 38.5 Å². The molecule has 2 atom stereocenters. The summed E-state index contributed by atoms with van der Waals surface area (Å²) in [6, 6.07) is 0.684. The summed E-state index contributed by atoms with van der Waals surface area (Å²) in [5, 5.41) is 9.26. The van der Waals surface area contributed by atoms with Crippen molar-refractivity contribution in [2.75, 3.05) is 26.8 Å². The summed E-state index contributed by atoms with van der Waals surface area (Å²) < 4.78 is 5.16. The van der Waals surface area contributed by atoms with Crippen LogP contribution in [0.25, 0.3) is 0 Å². The van der Waals surface area contributed by atoms with E-state index >= 15 is 0 Å². The highest BCUT2D eigenvalue weighted by Gasteiger charge is 2.31. The highest BCUT2D eigenvalue weighted by Crippen LogP contribution is 2.35. The molecule has 0 spiro atoms. The van der Waals surface area contributed by atoms with Crippen LogP contribution in [0.5, 0.6) is 0 Å². The lowest BCUT2D eigenvalue weighted by Crippen LogP contribution is -2.38. The molecule has 3 heteroatoms. The fourth-order valence-corrected chi connectivity index (χ4v) is 2.19. The van der Waals surface area contributed by atoms with Crippen LogP contribution in [-0.4, -0.2) is 49.0 Å². The van der Waals surface area contributed by atoms with Crippen molar-refractivity contribution >= 4 is 0 Å². The zero-order valence-electron chi connectivity index (χ0n) is 11.0. The molecule has 0 amide bonds. The molecule has 0 aliphatic heterocycles. The third kappa shape index (κ3) is 5.28. The number of hydrogen-bond acceptors (Lipinski definition) is 3. The maximum absolute atomic E-state index is 9.26. The highest BCUT2D eigenvalue weighted by molar-refractivity contribution is 4.85. The van der Waals surface area contributed by atoms with Crippen molar-refractivity contribution in [1.29, 1.82) is 0 Å². The molecule has 16 heavy (non-hydrogen) atoms. The van der Waals surface area contributed by atoms with Gasteiger partial charge in [0.2, 0.25) is 0 Å². The lowest BCUT2D eigenvalue weighted by molar-refractivity contribution is 0.108. The van der Waals surface area contributed by atoms with E-state index in [1.807, 2.05) is 6.92 Å². The van der Waals surface area contributed by atoms with Crippen LogP contribution in [0.1, 0.15) is 39.5 Å². The van der Waals surface area contributed by atoms with Gasteiger partial charge in [-0.3, -0.25) is 4.90 Å². The molecule has 0 bridgehead atoms. The Kier molecular flexibility index (Phi) is 6.32. The van der Waals surface area contributed by atoms with Crippen LogP contribution in [0.2, 0.25) is 0 Å². The Morgan fingerprint density at radius 3 is 2.50 bits per heavy atom. The minimum Gasteiger partial charge on any atom is -0.393 e. The van der Waals surface area contributed by atoms with Gasteiger partial charge in [-0.25, -0.2) is 0 Å². The molecule has 0 aromatic heterocycles. The molecule has 3 nitrogen and oxygen atoms in total. The van der Waals surface area contributed by atoms with Gasteiger partial charge in [-0.1, -0.05) is 0 Å². The maximum Gasteiger partial charge on any atom is 0.0589 e. The molecular weight excluding hydrogens is 202 g/mol. The van der Waals surface area contributed by atoms with E-state index in [4.69, 9.17) is 4.74 Å². The van der Waals surface area contributed by atoms with Crippen molar-refractivity contribution in [3.63, 3.8) is 0 Å². The molecular formula is C13H27NO2. The molecule has 0 heterocycles. The van der Waals surface area contributed by atoms with Gasteiger partial charge in [-0.15, -0.1) is 0 Å². The predicted molar refractivity (Wildman–Crippen MR) is 66.5 cm³/mol. The highest BCUT2D eigenvalue weighted by atomic mass is 16.5. The number of methoxy groups -OCH3 is 1. The Labute approximate surface area is 99.8 Å². The third-order valence-electron chi connectivity index (χ3n) is 3.53. The van der Waals surface area contributed by atoms with E-state index < -0.39 is 0 Å². The molecule has 0 saturated heterocycles. The van der Waals surface area contributed by atoms with E-state index in [-0.39, 0.29) is 6.10 Å². The monoisotopic (exact) mass is 229 g/mol. The first-order valence-corrected chi connectivity index (χ1v) is 6.56. The van der Waals surface area contributed by atoms with E-state index in [2.05, 4.69) is 11.8 Å².